The number of aromatic nitrogens is 1. The highest BCUT2D eigenvalue weighted by atomic mass is 16.3. The average molecular weight is 259 g/mol. The van der Waals surface area contributed by atoms with E-state index in [-0.39, 0.29) is 0 Å². The van der Waals surface area contributed by atoms with Gasteiger partial charge in [-0.15, -0.1) is 0 Å². The minimum Gasteiger partial charge on any atom is -0.468 e. The van der Waals surface area contributed by atoms with Crippen molar-refractivity contribution in [2.45, 2.75) is 20.0 Å². The molecule has 0 bridgehead atoms. The molecule has 0 aliphatic rings. The van der Waals surface area contributed by atoms with Crippen LogP contribution in [0.25, 0.3) is 0 Å². The second-order valence-electron chi connectivity index (χ2n) is 4.76. The highest BCUT2D eigenvalue weighted by Crippen LogP contribution is 2.01. The fraction of sp³-hybridized carbons (Fsp3) is 0.400. The zero-order chi connectivity index (χ0) is 13.5. The summed E-state index contributed by atoms with van der Waals surface area (Å²) in [6.07, 6.45) is 1.70. The summed E-state index contributed by atoms with van der Waals surface area (Å²) in [4.78, 5) is 6.77. The number of hydrogen-bond acceptors (Lipinski definition) is 4. The minimum absolute atomic E-state index is 0.781. The molecule has 19 heavy (non-hydrogen) atoms. The number of pyridine rings is 1. The second-order valence-corrected chi connectivity index (χ2v) is 4.76. The Morgan fingerprint density at radius 1 is 1.26 bits per heavy atom. The van der Waals surface area contributed by atoms with E-state index in [0.717, 1.165) is 43.3 Å². The Labute approximate surface area is 114 Å². The van der Waals surface area contributed by atoms with Crippen molar-refractivity contribution in [2.24, 2.45) is 0 Å². The fourth-order valence-corrected chi connectivity index (χ4v) is 1.94. The van der Waals surface area contributed by atoms with Gasteiger partial charge in [-0.25, -0.2) is 0 Å². The maximum Gasteiger partial charge on any atom is 0.117 e. The molecular weight excluding hydrogens is 238 g/mol. The van der Waals surface area contributed by atoms with Gasteiger partial charge in [-0.2, -0.15) is 0 Å². The molecule has 0 amide bonds. The van der Waals surface area contributed by atoms with Gasteiger partial charge in [-0.3, -0.25) is 9.88 Å². The normalized spacial score (nSPS) is 11.1. The number of nitrogens with zero attached hydrogens (tertiary/aromatic N) is 2. The zero-order valence-electron chi connectivity index (χ0n) is 11.6. The molecule has 4 heteroatoms. The first-order valence-electron chi connectivity index (χ1n) is 6.58. The van der Waals surface area contributed by atoms with E-state index >= 15 is 0 Å². The van der Waals surface area contributed by atoms with Crippen LogP contribution in [0.3, 0.4) is 0 Å². The molecule has 2 aromatic heterocycles. The SMILES string of the molecule is Cc1cccc(CN(C)CCNCc2ccco2)n1. The van der Waals surface area contributed by atoms with Gasteiger partial charge >= 0.3 is 0 Å². The summed E-state index contributed by atoms with van der Waals surface area (Å²) < 4.78 is 5.26. The summed E-state index contributed by atoms with van der Waals surface area (Å²) in [7, 11) is 2.11. The van der Waals surface area contributed by atoms with Crippen molar-refractivity contribution >= 4 is 0 Å². The third-order valence-corrected chi connectivity index (χ3v) is 2.93. The van der Waals surface area contributed by atoms with Gasteiger partial charge in [0.25, 0.3) is 0 Å². The van der Waals surface area contributed by atoms with Gasteiger partial charge in [0.1, 0.15) is 5.76 Å². The Morgan fingerprint density at radius 3 is 2.89 bits per heavy atom. The molecule has 2 aromatic rings. The van der Waals surface area contributed by atoms with Crippen molar-refractivity contribution in [1.82, 2.24) is 15.2 Å². The molecule has 0 spiro atoms. The molecule has 2 rings (SSSR count). The molecule has 0 saturated carbocycles. The van der Waals surface area contributed by atoms with E-state index in [1.807, 2.05) is 25.1 Å². The first kappa shape index (κ1) is 13.8. The Hall–Kier alpha value is -1.65. The summed E-state index contributed by atoms with van der Waals surface area (Å²) in [5.41, 5.74) is 2.19. The molecule has 1 N–H and O–H groups in total. The summed E-state index contributed by atoms with van der Waals surface area (Å²) >= 11 is 0. The van der Waals surface area contributed by atoms with Gasteiger partial charge < -0.3 is 9.73 Å². The average Bonchev–Trinajstić information content (AvgIpc) is 2.88. The van der Waals surface area contributed by atoms with Crippen molar-refractivity contribution in [2.75, 3.05) is 20.1 Å². The lowest BCUT2D eigenvalue weighted by atomic mass is 10.3. The highest BCUT2D eigenvalue weighted by molar-refractivity contribution is 5.09. The predicted octanol–water partition coefficient (Wildman–Crippen LogP) is 2.20. The van der Waals surface area contributed by atoms with E-state index in [1.54, 1.807) is 6.26 Å². The van der Waals surface area contributed by atoms with Crippen LogP contribution in [-0.4, -0.2) is 30.0 Å². The third-order valence-electron chi connectivity index (χ3n) is 2.93. The fourth-order valence-electron chi connectivity index (χ4n) is 1.94. The van der Waals surface area contributed by atoms with Crippen LogP contribution in [0.1, 0.15) is 17.1 Å². The van der Waals surface area contributed by atoms with Gasteiger partial charge in [0, 0.05) is 25.3 Å². The molecule has 0 unspecified atom stereocenters. The maximum atomic E-state index is 5.26. The largest absolute Gasteiger partial charge is 0.468 e. The Balaban J connectivity index is 1.65. The van der Waals surface area contributed by atoms with Crippen molar-refractivity contribution in [3.8, 4) is 0 Å². The van der Waals surface area contributed by atoms with Crippen LogP contribution in [-0.2, 0) is 13.1 Å². The molecule has 0 aliphatic heterocycles. The number of furan rings is 1. The molecule has 4 nitrogen and oxygen atoms in total. The Bertz CT molecular complexity index is 482. The lowest BCUT2D eigenvalue weighted by molar-refractivity contribution is 0.318. The van der Waals surface area contributed by atoms with Gasteiger partial charge in [0.15, 0.2) is 0 Å². The standard InChI is InChI=1S/C15H21N3O/c1-13-5-3-6-14(17-13)12-18(2)9-8-16-11-15-7-4-10-19-15/h3-7,10,16H,8-9,11-12H2,1-2H3. The van der Waals surface area contributed by atoms with Gasteiger partial charge in [0.2, 0.25) is 0 Å². The van der Waals surface area contributed by atoms with Crippen molar-refractivity contribution in [1.29, 1.82) is 0 Å². The molecule has 0 aromatic carbocycles. The second kappa shape index (κ2) is 7.07. The number of nitrogens with one attached hydrogen (secondary N) is 1. The summed E-state index contributed by atoms with van der Waals surface area (Å²) in [6.45, 7) is 5.60. The van der Waals surface area contributed by atoms with Crippen LogP contribution >= 0.6 is 0 Å². The third kappa shape index (κ3) is 4.85. The van der Waals surface area contributed by atoms with Crippen molar-refractivity contribution < 1.29 is 4.42 Å². The van der Waals surface area contributed by atoms with Crippen LogP contribution in [0, 0.1) is 6.92 Å². The zero-order valence-corrected chi connectivity index (χ0v) is 11.6. The van der Waals surface area contributed by atoms with Crippen LogP contribution in [0.2, 0.25) is 0 Å². The topological polar surface area (TPSA) is 41.3 Å². The first-order chi connectivity index (χ1) is 9.24. The monoisotopic (exact) mass is 259 g/mol. The van der Waals surface area contributed by atoms with Crippen LogP contribution < -0.4 is 5.32 Å². The van der Waals surface area contributed by atoms with E-state index in [0.29, 0.717) is 0 Å². The summed E-state index contributed by atoms with van der Waals surface area (Å²) in [5, 5.41) is 3.36. The Morgan fingerprint density at radius 2 is 2.16 bits per heavy atom. The van der Waals surface area contributed by atoms with E-state index in [9.17, 15) is 0 Å². The number of aryl methyl sites for hydroxylation is 1. The Kier molecular flexibility index (Phi) is 5.12. The summed E-state index contributed by atoms with van der Waals surface area (Å²) in [6, 6.07) is 10.0. The lowest BCUT2D eigenvalue weighted by Gasteiger charge is -2.16. The van der Waals surface area contributed by atoms with E-state index in [4.69, 9.17) is 4.42 Å². The molecule has 2 heterocycles. The molecule has 0 fully saturated rings. The predicted molar refractivity (Wildman–Crippen MR) is 75.7 cm³/mol. The molecular formula is C15H21N3O. The van der Waals surface area contributed by atoms with Crippen LogP contribution in [0.4, 0.5) is 0 Å². The molecule has 0 aliphatic carbocycles. The first-order valence-corrected chi connectivity index (χ1v) is 6.58. The summed E-state index contributed by atoms with van der Waals surface area (Å²) in [5.74, 6) is 0.975. The maximum absolute atomic E-state index is 5.26. The van der Waals surface area contributed by atoms with Gasteiger partial charge in [-0.05, 0) is 38.2 Å². The van der Waals surface area contributed by atoms with E-state index < -0.39 is 0 Å². The minimum atomic E-state index is 0.781. The number of rotatable bonds is 7. The van der Waals surface area contributed by atoms with Crippen LogP contribution in [0.5, 0.6) is 0 Å². The quantitative estimate of drug-likeness (QED) is 0.774. The van der Waals surface area contributed by atoms with Crippen LogP contribution in [0.15, 0.2) is 41.0 Å². The van der Waals surface area contributed by atoms with E-state index in [2.05, 4.69) is 34.4 Å². The molecule has 0 radical (unpaired) electrons. The van der Waals surface area contributed by atoms with E-state index in [1.165, 1.54) is 0 Å². The number of hydrogen-bond donors (Lipinski definition) is 1. The molecule has 0 saturated heterocycles. The lowest BCUT2D eigenvalue weighted by Crippen LogP contribution is -2.28. The van der Waals surface area contributed by atoms with Crippen molar-refractivity contribution in [3.05, 3.63) is 53.7 Å². The number of likely N-dealkylation sites (N-methyl/N-ethyl adjacent to an activating group) is 1. The van der Waals surface area contributed by atoms with Crippen molar-refractivity contribution in [3.63, 3.8) is 0 Å². The molecule has 0 atom stereocenters. The van der Waals surface area contributed by atoms with Gasteiger partial charge in [0.05, 0.1) is 18.5 Å². The molecule has 102 valence electrons. The smallest absolute Gasteiger partial charge is 0.117 e. The van der Waals surface area contributed by atoms with Gasteiger partial charge in [-0.1, -0.05) is 6.07 Å². The highest BCUT2D eigenvalue weighted by Gasteiger charge is 2.02.